The standard InChI is InChI=1S/C13H18F3NO/c1-9-8-10(13(14,15)16)4-5-11(9)12(2,17)6-7-18-3/h4-5,8H,6-7,17H2,1-3H3. The van der Waals surface area contributed by atoms with Crippen molar-refractivity contribution >= 4 is 0 Å². The predicted molar refractivity (Wildman–Crippen MR) is 64.2 cm³/mol. The molecule has 1 aromatic carbocycles. The van der Waals surface area contributed by atoms with Crippen LogP contribution in [-0.2, 0) is 16.5 Å². The van der Waals surface area contributed by atoms with Gasteiger partial charge < -0.3 is 10.5 Å². The van der Waals surface area contributed by atoms with Gasteiger partial charge in [-0.3, -0.25) is 0 Å². The molecule has 0 radical (unpaired) electrons. The van der Waals surface area contributed by atoms with Crippen molar-refractivity contribution in [2.75, 3.05) is 13.7 Å². The fourth-order valence-electron chi connectivity index (χ4n) is 1.93. The van der Waals surface area contributed by atoms with Crippen molar-refractivity contribution in [3.05, 3.63) is 34.9 Å². The molecule has 0 fully saturated rings. The Labute approximate surface area is 105 Å². The second-order valence-electron chi connectivity index (χ2n) is 4.69. The maximum Gasteiger partial charge on any atom is 0.416 e. The van der Waals surface area contributed by atoms with Gasteiger partial charge in [0.25, 0.3) is 0 Å². The van der Waals surface area contributed by atoms with Gasteiger partial charge in [-0.25, -0.2) is 0 Å². The number of alkyl halides is 3. The molecule has 0 spiro atoms. The SMILES string of the molecule is COCCC(C)(N)c1ccc(C(F)(F)F)cc1C. The first-order chi connectivity index (χ1) is 8.18. The maximum atomic E-state index is 12.5. The summed E-state index contributed by atoms with van der Waals surface area (Å²) < 4.78 is 42.6. The summed E-state index contributed by atoms with van der Waals surface area (Å²) in [5.41, 5.74) is 6.05. The van der Waals surface area contributed by atoms with E-state index < -0.39 is 17.3 Å². The van der Waals surface area contributed by atoms with E-state index in [9.17, 15) is 13.2 Å². The van der Waals surface area contributed by atoms with Crippen LogP contribution in [0.3, 0.4) is 0 Å². The summed E-state index contributed by atoms with van der Waals surface area (Å²) in [6, 6.07) is 3.65. The summed E-state index contributed by atoms with van der Waals surface area (Å²) in [6.45, 7) is 3.90. The van der Waals surface area contributed by atoms with Crippen LogP contribution in [0.2, 0.25) is 0 Å². The van der Waals surface area contributed by atoms with Crippen molar-refractivity contribution in [1.82, 2.24) is 0 Å². The molecule has 0 aliphatic rings. The van der Waals surface area contributed by atoms with Crippen molar-refractivity contribution < 1.29 is 17.9 Å². The van der Waals surface area contributed by atoms with Gasteiger partial charge in [-0.05, 0) is 43.5 Å². The molecule has 0 heterocycles. The number of ether oxygens (including phenoxy) is 1. The van der Waals surface area contributed by atoms with Crippen molar-refractivity contribution in [2.24, 2.45) is 5.73 Å². The Morgan fingerprint density at radius 3 is 2.33 bits per heavy atom. The number of hydrogen-bond acceptors (Lipinski definition) is 2. The van der Waals surface area contributed by atoms with Crippen LogP contribution in [0, 0.1) is 6.92 Å². The van der Waals surface area contributed by atoms with E-state index in [-0.39, 0.29) is 0 Å². The van der Waals surface area contributed by atoms with Crippen LogP contribution >= 0.6 is 0 Å². The highest BCUT2D eigenvalue weighted by Gasteiger charge is 2.32. The van der Waals surface area contributed by atoms with Crippen LogP contribution in [0.25, 0.3) is 0 Å². The van der Waals surface area contributed by atoms with Gasteiger partial charge >= 0.3 is 6.18 Å². The van der Waals surface area contributed by atoms with Gasteiger partial charge in [0.05, 0.1) is 5.56 Å². The Balaban J connectivity index is 3.05. The predicted octanol–water partition coefficient (Wildman–Crippen LogP) is 3.22. The van der Waals surface area contributed by atoms with E-state index in [4.69, 9.17) is 10.5 Å². The number of halogens is 3. The third-order valence-corrected chi connectivity index (χ3v) is 2.99. The van der Waals surface area contributed by atoms with Gasteiger partial charge in [-0.2, -0.15) is 13.2 Å². The first-order valence-electron chi connectivity index (χ1n) is 5.64. The molecule has 1 atom stereocenters. The fraction of sp³-hybridized carbons (Fsp3) is 0.538. The largest absolute Gasteiger partial charge is 0.416 e. The second kappa shape index (κ2) is 5.28. The van der Waals surface area contributed by atoms with Crippen molar-refractivity contribution in [3.8, 4) is 0 Å². The molecule has 1 aromatic rings. The first-order valence-corrected chi connectivity index (χ1v) is 5.64. The van der Waals surface area contributed by atoms with E-state index in [1.165, 1.54) is 6.07 Å². The van der Waals surface area contributed by atoms with E-state index in [2.05, 4.69) is 0 Å². The van der Waals surface area contributed by atoms with E-state index in [1.54, 1.807) is 21.0 Å². The third-order valence-electron chi connectivity index (χ3n) is 2.99. The molecule has 0 aliphatic carbocycles. The third kappa shape index (κ3) is 3.46. The highest BCUT2D eigenvalue weighted by Crippen LogP contribution is 2.33. The van der Waals surface area contributed by atoms with Crippen LogP contribution in [0.15, 0.2) is 18.2 Å². The molecule has 0 saturated carbocycles. The van der Waals surface area contributed by atoms with Gasteiger partial charge in [0.2, 0.25) is 0 Å². The zero-order valence-corrected chi connectivity index (χ0v) is 10.8. The van der Waals surface area contributed by atoms with Gasteiger partial charge in [0.1, 0.15) is 0 Å². The Morgan fingerprint density at radius 2 is 1.89 bits per heavy atom. The van der Waals surface area contributed by atoms with Crippen LogP contribution in [0.1, 0.15) is 30.0 Å². The molecular weight excluding hydrogens is 243 g/mol. The lowest BCUT2D eigenvalue weighted by atomic mass is 9.86. The number of aryl methyl sites for hydroxylation is 1. The molecule has 102 valence electrons. The quantitative estimate of drug-likeness (QED) is 0.903. The minimum Gasteiger partial charge on any atom is -0.385 e. The minimum absolute atomic E-state index is 0.466. The lowest BCUT2D eigenvalue weighted by Gasteiger charge is -2.27. The summed E-state index contributed by atoms with van der Waals surface area (Å²) in [6.07, 6.45) is -3.77. The maximum absolute atomic E-state index is 12.5. The van der Waals surface area contributed by atoms with E-state index in [1.807, 2.05) is 0 Å². The number of benzene rings is 1. The molecule has 5 heteroatoms. The molecule has 0 bridgehead atoms. The Bertz CT molecular complexity index is 413. The summed E-state index contributed by atoms with van der Waals surface area (Å²) in [5, 5.41) is 0. The molecule has 2 N–H and O–H groups in total. The summed E-state index contributed by atoms with van der Waals surface area (Å²) >= 11 is 0. The lowest BCUT2D eigenvalue weighted by molar-refractivity contribution is -0.137. The van der Waals surface area contributed by atoms with Gasteiger partial charge in [-0.15, -0.1) is 0 Å². The van der Waals surface area contributed by atoms with Crippen LogP contribution in [0.4, 0.5) is 13.2 Å². The molecule has 0 amide bonds. The zero-order valence-electron chi connectivity index (χ0n) is 10.8. The highest BCUT2D eigenvalue weighted by molar-refractivity contribution is 5.36. The number of rotatable bonds is 4. The second-order valence-corrected chi connectivity index (χ2v) is 4.69. The average Bonchev–Trinajstić information content (AvgIpc) is 2.24. The van der Waals surface area contributed by atoms with E-state index >= 15 is 0 Å². The normalized spacial score (nSPS) is 15.5. The molecular formula is C13H18F3NO. The fourth-order valence-corrected chi connectivity index (χ4v) is 1.93. The van der Waals surface area contributed by atoms with Crippen LogP contribution in [-0.4, -0.2) is 13.7 Å². The van der Waals surface area contributed by atoms with Crippen molar-refractivity contribution in [3.63, 3.8) is 0 Å². The van der Waals surface area contributed by atoms with Crippen LogP contribution < -0.4 is 5.73 Å². The lowest BCUT2D eigenvalue weighted by Crippen LogP contribution is -2.35. The zero-order chi connectivity index (χ0) is 14.0. The smallest absolute Gasteiger partial charge is 0.385 e. The minimum atomic E-state index is -4.32. The molecule has 0 aromatic heterocycles. The number of nitrogens with two attached hydrogens (primary N) is 1. The Morgan fingerprint density at radius 1 is 1.28 bits per heavy atom. The average molecular weight is 261 g/mol. The summed E-state index contributed by atoms with van der Waals surface area (Å²) in [5.74, 6) is 0. The van der Waals surface area contributed by atoms with E-state index in [0.717, 1.165) is 12.1 Å². The molecule has 0 saturated heterocycles. The summed E-state index contributed by atoms with van der Waals surface area (Å²) in [7, 11) is 1.57. The topological polar surface area (TPSA) is 35.2 Å². The Hall–Kier alpha value is -1.07. The molecule has 0 aliphatic heterocycles. The first kappa shape index (κ1) is 15.0. The van der Waals surface area contributed by atoms with E-state index in [0.29, 0.717) is 24.2 Å². The summed E-state index contributed by atoms with van der Waals surface area (Å²) in [4.78, 5) is 0. The highest BCUT2D eigenvalue weighted by atomic mass is 19.4. The van der Waals surface area contributed by atoms with Crippen LogP contribution in [0.5, 0.6) is 0 Å². The molecule has 1 rings (SSSR count). The van der Waals surface area contributed by atoms with Gasteiger partial charge in [-0.1, -0.05) is 6.07 Å². The van der Waals surface area contributed by atoms with Gasteiger partial charge in [0.15, 0.2) is 0 Å². The van der Waals surface area contributed by atoms with Gasteiger partial charge in [0, 0.05) is 19.3 Å². The number of hydrogen-bond donors (Lipinski definition) is 1. The monoisotopic (exact) mass is 261 g/mol. The molecule has 18 heavy (non-hydrogen) atoms. The molecule has 2 nitrogen and oxygen atoms in total. The Kier molecular flexibility index (Phi) is 4.40. The number of methoxy groups -OCH3 is 1. The van der Waals surface area contributed by atoms with Crippen molar-refractivity contribution in [1.29, 1.82) is 0 Å². The van der Waals surface area contributed by atoms with Crippen molar-refractivity contribution in [2.45, 2.75) is 32.0 Å². The molecule has 1 unspecified atom stereocenters.